The molecule has 1 aromatic rings. The minimum Gasteiger partial charge on any atom is -0.482 e. The van der Waals surface area contributed by atoms with Crippen molar-refractivity contribution in [1.29, 1.82) is 0 Å². The first-order valence-electron chi connectivity index (χ1n) is 6.89. The standard InChI is InChI=1S/C15H22Cl2N2O2/c1-9(2)10(3)19-14(20)8-21-15-11(7-18-4)5-12(16)6-13(15)17/h5-6,9-10,18H,7-8H2,1-4H3,(H,19,20). The number of benzene rings is 1. The summed E-state index contributed by atoms with van der Waals surface area (Å²) in [5, 5.41) is 6.84. The molecule has 0 radical (unpaired) electrons. The highest BCUT2D eigenvalue weighted by Crippen LogP contribution is 2.32. The maximum atomic E-state index is 11.9. The summed E-state index contributed by atoms with van der Waals surface area (Å²) in [5.41, 5.74) is 0.819. The van der Waals surface area contributed by atoms with Crippen LogP contribution in [-0.2, 0) is 11.3 Å². The van der Waals surface area contributed by atoms with Gasteiger partial charge < -0.3 is 15.4 Å². The molecule has 1 aromatic carbocycles. The van der Waals surface area contributed by atoms with E-state index in [1.54, 1.807) is 12.1 Å². The third kappa shape index (κ3) is 5.73. The molecule has 0 spiro atoms. The molecule has 1 amide bonds. The van der Waals surface area contributed by atoms with Crippen LogP contribution in [0.15, 0.2) is 12.1 Å². The van der Waals surface area contributed by atoms with Gasteiger partial charge in [-0.1, -0.05) is 37.0 Å². The van der Waals surface area contributed by atoms with E-state index in [1.165, 1.54) is 0 Å². The van der Waals surface area contributed by atoms with E-state index in [1.807, 2.05) is 27.8 Å². The Morgan fingerprint density at radius 2 is 1.95 bits per heavy atom. The zero-order chi connectivity index (χ0) is 16.0. The average Bonchev–Trinajstić information content (AvgIpc) is 2.37. The van der Waals surface area contributed by atoms with Gasteiger partial charge in [0.05, 0.1) is 5.02 Å². The van der Waals surface area contributed by atoms with Crippen molar-refractivity contribution in [3.63, 3.8) is 0 Å². The van der Waals surface area contributed by atoms with Crippen LogP contribution in [0, 0.1) is 5.92 Å². The molecule has 4 nitrogen and oxygen atoms in total. The van der Waals surface area contributed by atoms with Crippen LogP contribution in [0.5, 0.6) is 5.75 Å². The molecular formula is C15H22Cl2N2O2. The second-order valence-electron chi connectivity index (χ2n) is 5.30. The third-order valence-electron chi connectivity index (χ3n) is 3.19. The number of carbonyl (C=O) groups excluding carboxylic acids is 1. The van der Waals surface area contributed by atoms with Gasteiger partial charge in [-0.2, -0.15) is 0 Å². The lowest BCUT2D eigenvalue weighted by Crippen LogP contribution is -2.39. The molecule has 0 heterocycles. The third-order valence-corrected chi connectivity index (χ3v) is 3.69. The largest absolute Gasteiger partial charge is 0.482 e. The van der Waals surface area contributed by atoms with Gasteiger partial charge in [-0.3, -0.25) is 4.79 Å². The lowest BCUT2D eigenvalue weighted by molar-refractivity contribution is -0.124. The van der Waals surface area contributed by atoms with E-state index < -0.39 is 0 Å². The van der Waals surface area contributed by atoms with E-state index in [0.29, 0.717) is 28.3 Å². The molecule has 1 unspecified atom stereocenters. The van der Waals surface area contributed by atoms with Crippen molar-refractivity contribution in [2.45, 2.75) is 33.4 Å². The zero-order valence-corrected chi connectivity index (χ0v) is 14.3. The van der Waals surface area contributed by atoms with Crippen molar-refractivity contribution >= 4 is 29.1 Å². The Bertz CT molecular complexity index is 493. The minimum atomic E-state index is -0.169. The van der Waals surface area contributed by atoms with Gasteiger partial charge in [-0.25, -0.2) is 0 Å². The van der Waals surface area contributed by atoms with Crippen LogP contribution in [0.3, 0.4) is 0 Å². The zero-order valence-electron chi connectivity index (χ0n) is 12.8. The van der Waals surface area contributed by atoms with Crippen LogP contribution >= 0.6 is 23.2 Å². The summed E-state index contributed by atoms with van der Waals surface area (Å²) in [5.74, 6) is 0.688. The van der Waals surface area contributed by atoms with Crippen LogP contribution in [0.1, 0.15) is 26.3 Å². The number of carbonyl (C=O) groups is 1. The molecule has 1 rings (SSSR count). The summed E-state index contributed by atoms with van der Waals surface area (Å²) in [4.78, 5) is 11.9. The maximum Gasteiger partial charge on any atom is 0.258 e. The summed E-state index contributed by atoms with van der Waals surface area (Å²) in [6, 6.07) is 3.47. The van der Waals surface area contributed by atoms with Crippen molar-refractivity contribution in [3.8, 4) is 5.75 Å². The second-order valence-corrected chi connectivity index (χ2v) is 6.14. The summed E-state index contributed by atoms with van der Waals surface area (Å²) in [6.45, 7) is 6.54. The van der Waals surface area contributed by atoms with Crippen LogP contribution in [-0.4, -0.2) is 25.6 Å². The monoisotopic (exact) mass is 332 g/mol. The van der Waals surface area contributed by atoms with Gasteiger partial charge in [0.25, 0.3) is 5.91 Å². The Morgan fingerprint density at radius 1 is 1.29 bits per heavy atom. The second kappa shape index (κ2) is 8.47. The molecule has 118 valence electrons. The van der Waals surface area contributed by atoms with Gasteiger partial charge in [0, 0.05) is 23.2 Å². The molecule has 0 aliphatic heterocycles. The molecule has 0 aliphatic rings. The molecule has 2 N–H and O–H groups in total. The average molecular weight is 333 g/mol. The highest BCUT2D eigenvalue weighted by atomic mass is 35.5. The van der Waals surface area contributed by atoms with Crippen molar-refractivity contribution in [1.82, 2.24) is 10.6 Å². The topological polar surface area (TPSA) is 50.4 Å². The molecule has 0 aromatic heterocycles. The number of rotatable bonds is 7. The summed E-state index contributed by atoms with van der Waals surface area (Å²) in [6.07, 6.45) is 0. The van der Waals surface area contributed by atoms with Crippen LogP contribution in [0.25, 0.3) is 0 Å². The lowest BCUT2D eigenvalue weighted by Gasteiger charge is -2.18. The Morgan fingerprint density at radius 3 is 2.52 bits per heavy atom. The van der Waals surface area contributed by atoms with Gasteiger partial charge in [0.2, 0.25) is 0 Å². The van der Waals surface area contributed by atoms with E-state index in [0.717, 1.165) is 5.56 Å². The van der Waals surface area contributed by atoms with Crippen LogP contribution < -0.4 is 15.4 Å². The molecular weight excluding hydrogens is 311 g/mol. The van der Waals surface area contributed by atoms with Gasteiger partial charge in [0.1, 0.15) is 5.75 Å². The number of nitrogens with one attached hydrogen (secondary N) is 2. The number of hydrogen-bond acceptors (Lipinski definition) is 3. The maximum absolute atomic E-state index is 11.9. The molecule has 0 bridgehead atoms. The first kappa shape index (κ1) is 18.1. The van der Waals surface area contributed by atoms with Gasteiger partial charge in [-0.15, -0.1) is 0 Å². The Balaban J connectivity index is 2.72. The predicted molar refractivity (Wildman–Crippen MR) is 87.2 cm³/mol. The first-order chi connectivity index (χ1) is 9.85. The number of ether oxygens (including phenoxy) is 1. The van der Waals surface area contributed by atoms with Gasteiger partial charge >= 0.3 is 0 Å². The fourth-order valence-corrected chi connectivity index (χ4v) is 2.29. The molecule has 0 aliphatic carbocycles. The molecule has 1 atom stereocenters. The smallest absolute Gasteiger partial charge is 0.258 e. The van der Waals surface area contributed by atoms with Gasteiger partial charge in [-0.05, 0) is 32.0 Å². The summed E-state index contributed by atoms with van der Waals surface area (Å²) in [7, 11) is 1.82. The molecule has 0 saturated carbocycles. The molecule has 21 heavy (non-hydrogen) atoms. The van der Waals surface area contributed by atoms with Crippen LogP contribution in [0.2, 0.25) is 10.0 Å². The van der Waals surface area contributed by atoms with E-state index in [-0.39, 0.29) is 18.6 Å². The fraction of sp³-hybridized carbons (Fsp3) is 0.533. The highest BCUT2D eigenvalue weighted by Gasteiger charge is 2.14. The summed E-state index contributed by atoms with van der Waals surface area (Å²) < 4.78 is 5.58. The Hall–Kier alpha value is -0.970. The fourth-order valence-electron chi connectivity index (χ4n) is 1.70. The number of amides is 1. The Kier molecular flexibility index (Phi) is 7.29. The SMILES string of the molecule is CNCc1cc(Cl)cc(Cl)c1OCC(=O)NC(C)C(C)C. The minimum absolute atomic E-state index is 0.0743. The first-order valence-corrected chi connectivity index (χ1v) is 7.65. The van der Waals surface area contributed by atoms with Crippen molar-refractivity contribution in [2.24, 2.45) is 5.92 Å². The van der Waals surface area contributed by atoms with E-state index >= 15 is 0 Å². The van der Waals surface area contributed by atoms with E-state index in [4.69, 9.17) is 27.9 Å². The predicted octanol–water partition coefficient (Wildman–Crippen LogP) is 3.25. The van der Waals surface area contributed by atoms with E-state index in [2.05, 4.69) is 10.6 Å². The number of halogens is 2. The van der Waals surface area contributed by atoms with E-state index in [9.17, 15) is 4.79 Å². The molecule has 0 saturated heterocycles. The van der Waals surface area contributed by atoms with Crippen LogP contribution in [0.4, 0.5) is 0 Å². The normalized spacial score (nSPS) is 12.3. The summed E-state index contributed by atoms with van der Waals surface area (Å²) >= 11 is 12.1. The highest BCUT2D eigenvalue weighted by molar-refractivity contribution is 6.35. The lowest BCUT2D eigenvalue weighted by atomic mass is 10.1. The van der Waals surface area contributed by atoms with Crippen molar-refractivity contribution in [3.05, 3.63) is 27.7 Å². The van der Waals surface area contributed by atoms with Crippen molar-refractivity contribution in [2.75, 3.05) is 13.7 Å². The van der Waals surface area contributed by atoms with Crippen molar-refractivity contribution < 1.29 is 9.53 Å². The Labute approximate surface area is 136 Å². The molecule has 0 fully saturated rings. The molecule has 6 heteroatoms. The van der Waals surface area contributed by atoms with Gasteiger partial charge in [0.15, 0.2) is 6.61 Å². The number of hydrogen-bond donors (Lipinski definition) is 2. The quantitative estimate of drug-likeness (QED) is 0.805.